The summed E-state index contributed by atoms with van der Waals surface area (Å²) in [5.41, 5.74) is -0.265. The van der Waals surface area contributed by atoms with Crippen molar-refractivity contribution in [2.75, 3.05) is 0 Å². The molecule has 0 radical (unpaired) electrons. The summed E-state index contributed by atoms with van der Waals surface area (Å²) in [4.78, 5) is 10.1. The quantitative estimate of drug-likeness (QED) is 0.713. The zero-order chi connectivity index (χ0) is 11.4. The average molecular weight is 217 g/mol. The first-order chi connectivity index (χ1) is 7.06. The van der Waals surface area contributed by atoms with Gasteiger partial charge in [-0.2, -0.15) is 0 Å². The molecule has 0 aliphatic rings. The van der Waals surface area contributed by atoms with Crippen molar-refractivity contribution in [3.05, 3.63) is 34.9 Å². The van der Waals surface area contributed by atoms with Gasteiger partial charge in [0.1, 0.15) is 0 Å². The molecule has 0 heterocycles. The van der Waals surface area contributed by atoms with Crippen LogP contribution >= 0.6 is 0 Å². The number of rotatable bonds is 3. The van der Waals surface area contributed by atoms with Crippen molar-refractivity contribution in [1.82, 2.24) is 5.32 Å². The zero-order valence-corrected chi connectivity index (χ0v) is 7.63. The molecule has 0 fully saturated rings. The Bertz CT molecular complexity index is 382. The Morgan fingerprint density at radius 3 is 2.33 bits per heavy atom. The first-order valence-electron chi connectivity index (χ1n) is 4.09. The summed E-state index contributed by atoms with van der Waals surface area (Å²) < 4.78 is 26.3. The number of halogens is 2. The Morgan fingerprint density at radius 2 is 1.80 bits per heavy atom. The molecule has 6 heteroatoms. The van der Waals surface area contributed by atoms with E-state index in [2.05, 4.69) is 0 Å². The monoisotopic (exact) mass is 217 g/mol. The number of aliphatic hydroxyl groups excluding tert-OH is 1. The fourth-order valence-electron chi connectivity index (χ4n) is 1.06. The van der Waals surface area contributed by atoms with Gasteiger partial charge in [-0.15, -0.1) is 0 Å². The molecule has 4 nitrogen and oxygen atoms in total. The molecular weight excluding hydrogens is 208 g/mol. The lowest BCUT2D eigenvalue weighted by molar-refractivity contribution is 0.193. The maximum Gasteiger partial charge on any atom is 0.404 e. The lowest BCUT2D eigenvalue weighted by atomic mass is 10.1. The van der Waals surface area contributed by atoms with E-state index in [0.717, 1.165) is 0 Å². The van der Waals surface area contributed by atoms with Gasteiger partial charge in [-0.05, 0) is 0 Å². The van der Waals surface area contributed by atoms with Crippen molar-refractivity contribution in [3.63, 3.8) is 0 Å². The molecule has 1 aromatic rings. The number of carboxylic acid groups (broad SMARTS) is 1. The second-order valence-electron chi connectivity index (χ2n) is 2.83. The van der Waals surface area contributed by atoms with E-state index >= 15 is 0 Å². The van der Waals surface area contributed by atoms with Gasteiger partial charge >= 0.3 is 6.09 Å². The highest BCUT2D eigenvalue weighted by Crippen LogP contribution is 2.16. The molecule has 0 saturated heterocycles. The number of hydrogen-bond donors (Lipinski definition) is 3. The molecule has 0 spiro atoms. The first-order valence-corrected chi connectivity index (χ1v) is 4.09. The van der Waals surface area contributed by atoms with Crippen LogP contribution in [0.15, 0.2) is 12.1 Å². The number of benzene rings is 1. The predicted molar refractivity (Wildman–Crippen MR) is 47.1 cm³/mol. The van der Waals surface area contributed by atoms with Crippen LogP contribution < -0.4 is 5.32 Å². The van der Waals surface area contributed by atoms with Crippen LogP contribution in [0.25, 0.3) is 0 Å². The van der Waals surface area contributed by atoms with Crippen LogP contribution in [-0.2, 0) is 13.2 Å². The van der Waals surface area contributed by atoms with Crippen molar-refractivity contribution in [3.8, 4) is 0 Å². The van der Waals surface area contributed by atoms with Crippen LogP contribution in [0.4, 0.5) is 13.6 Å². The van der Waals surface area contributed by atoms with Crippen LogP contribution in [-0.4, -0.2) is 16.3 Å². The van der Waals surface area contributed by atoms with Crippen molar-refractivity contribution < 1.29 is 23.8 Å². The smallest absolute Gasteiger partial charge is 0.404 e. The lowest BCUT2D eigenvalue weighted by Crippen LogP contribution is -2.21. The standard InChI is InChI=1S/C9H9F2NO3/c10-7-5(3-12-9(14)15)1-2-6(4-13)8(7)11/h1-2,12-13H,3-4H2,(H,14,15). The van der Waals surface area contributed by atoms with Gasteiger partial charge in [0.15, 0.2) is 11.6 Å². The molecule has 3 N–H and O–H groups in total. The second-order valence-corrected chi connectivity index (χ2v) is 2.83. The maximum atomic E-state index is 13.2. The van der Waals surface area contributed by atoms with Gasteiger partial charge in [0.2, 0.25) is 0 Å². The highest BCUT2D eigenvalue weighted by atomic mass is 19.2. The minimum absolute atomic E-state index is 0.105. The summed E-state index contributed by atoms with van der Waals surface area (Å²) in [6.45, 7) is -0.917. The topological polar surface area (TPSA) is 69.6 Å². The van der Waals surface area contributed by atoms with E-state index in [4.69, 9.17) is 10.2 Å². The number of nitrogens with one attached hydrogen (secondary N) is 1. The van der Waals surface area contributed by atoms with E-state index in [0.29, 0.717) is 0 Å². The van der Waals surface area contributed by atoms with Crippen molar-refractivity contribution in [2.24, 2.45) is 0 Å². The van der Waals surface area contributed by atoms with Crippen LogP contribution in [0.3, 0.4) is 0 Å². The van der Waals surface area contributed by atoms with E-state index in [1.54, 1.807) is 0 Å². The minimum atomic E-state index is -1.32. The lowest BCUT2D eigenvalue weighted by Gasteiger charge is -2.06. The second kappa shape index (κ2) is 4.70. The fraction of sp³-hybridized carbons (Fsp3) is 0.222. The normalized spacial score (nSPS) is 10.1. The summed E-state index contributed by atoms with van der Waals surface area (Å²) >= 11 is 0. The van der Waals surface area contributed by atoms with E-state index in [9.17, 15) is 13.6 Å². The van der Waals surface area contributed by atoms with Crippen LogP contribution in [0.2, 0.25) is 0 Å². The van der Waals surface area contributed by atoms with E-state index in [-0.39, 0.29) is 17.7 Å². The predicted octanol–water partition coefficient (Wildman–Crippen LogP) is 1.22. The Hall–Kier alpha value is -1.69. The van der Waals surface area contributed by atoms with Crippen molar-refractivity contribution >= 4 is 6.09 Å². The molecule has 0 aliphatic heterocycles. The SMILES string of the molecule is O=C(O)NCc1ccc(CO)c(F)c1F. The Morgan fingerprint density at radius 1 is 1.27 bits per heavy atom. The highest BCUT2D eigenvalue weighted by Gasteiger charge is 2.12. The molecule has 1 amide bonds. The van der Waals surface area contributed by atoms with Gasteiger partial charge in [-0.25, -0.2) is 13.6 Å². The summed E-state index contributed by atoms with van der Waals surface area (Å²) in [6.07, 6.45) is -1.32. The first kappa shape index (κ1) is 11.4. The fourth-order valence-corrected chi connectivity index (χ4v) is 1.06. The van der Waals surface area contributed by atoms with E-state index in [1.165, 1.54) is 12.1 Å². The number of carbonyl (C=O) groups is 1. The minimum Gasteiger partial charge on any atom is -0.465 e. The largest absolute Gasteiger partial charge is 0.465 e. The van der Waals surface area contributed by atoms with Crippen LogP contribution in [0, 0.1) is 11.6 Å². The van der Waals surface area contributed by atoms with Gasteiger partial charge in [-0.1, -0.05) is 12.1 Å². The molecule has 0 atom stereocenters. The Labute approximate surface area is 84.2 Å². The van der Waals surface area contributed by atoms with Gasteiger partial charge < -0.3 is 15.5 Å². The van der Waals surface area contributed by atoms with Crippen molar-refractivity contribution in [2.45, 2.75) is 13.2 Å². The molecule has 15 heavy (non-hydrogen) atoms. The Balaban J connectivity index is 2.91. The molecule has 0 saturated carbocycles. The third-order valence-corrected chi connectivity index (χ3v) is 1.84. The zero-order valence-electron chi connectivity index (χ0n) is 7.63. The molecule has 0 aromatic heterocycles. The summed E-state index contributed by atoms with van der Waals surface area (Å²) in [6, 6.07) is 2.43. The van der Waals surface area contributed by atoms with E-state index in [1.807, 2.05) is 5.32 Å². The van der Waals surface area contributed by atoms with Gasteiger partial charge in [0.25, 0.3) is 0 Å². The Kier molecular flexibility index (Phi) is 3.56. The summed E-state index contributed by atoms with van der Waals surface area (Å²) in [5.74, 6) is -2.29. The molecule has 82 valence electrons. The van der Waals surface area contributed by atoms with Gasteiger partial charge in [0.05, 0.1) is 6.61 Å². The van der Waals surface area contributed by atoms with Gasteiger partial charge in [0, 0.05) is 17.7 Å². The number of hydrogen-bond acceptors (Lipinski definition) is 2. The summed E-state index contributed by atoms with van der Waals surface area (Å²) in [7, 11) is 0. The highest BCUT2D eigenvalue weighted by molar-refractivity contribution is 5.64. The summed E-state index contributed by atoms with van der Waals surface area (Å²) in [5, 5.41) is 18.8. The number of amides is 1. The van der Waals surface area contributed by atoms with Crippen LogP contribution in [0.1, 0.15) is 11.1 Å². The molecule has 0 bridgehead atoms. The molecule has 1 rings (SSSR count). The van der Waals surface area contributed by atoms with Crippen LogP contribution in [0.5, 0.6) is 0 Å². The van der Waals surface area contributed by atoms with Crippen molar-refractivity contribution in [1.29, 1.82) is 0 Å². The molecule has 1 aromatic carbocycles. The third-order valence-electron chi connectivity index (χ3n) is 1.84. The number of aliphatic hydroxyl groups is 1. The van der Waals surface area contributed by atoms with E-state index < -0.39 is 24.3 Å². The molecule has 0 aliphatic carbocycles. The molecule has 0 unspecified atom stereocenters. The van der Waals surface area contributed by atoms with Gasteiger partial charge in [-0.3, -0.25) is 0 Å². The molecular formula is C9H9F2NO3. The average Bonchev–Trinajstić information content (AvgIpc) is 2.20. The third kappa shape index (κ3) is 2.63. The maximum absolute atomic E-state index is 13.2.